The lowest BCUT2D eigenvalue weighted by molar-refractivity contribution is 0.0271. The Morgan fingerprint density at radius 2 is 1.15 bits per heavy atom. The Labute approximate surface area is 290 Å². The van der Waals surface area contributed by atoms with E-state index in [2.05, 4.69) is 20.9 Å². The van der Waals surface area contributed by atoms with E-state index in [-0.39, 0.29) is 19.0 Å². The second-order valence-electron chi connectivity index (χ2n) is 14.3. The van der Waals surface area contributed by atoms with Crippen LogP contribution < -0.4 is 4.74 Å². The molecule has 1 rings (SSSR count). The first-order valence-corrected chi connectivity index (χ1v) is 17.5. The van der Waals surface area contributed by atoms with Gasteiger partial charge in [-0.05, 0) is 125 Å². The fraction of sp³-hybridized carbons (Fsp3) is 0.686. The van der Waals surface area contributed by atoms with Crippen molar-refractivity contribution >= 4 is 45.9 Å². The first-order valence-electron chi connectivity index (χ1n) is 16.4. The third-order valence-corrected chi connectivity index (χ3v) is 6.70. The highest BCUT2D eigenvalue weighted by atomic mass is 79.9. The number of rotatable bonds is 14. The minimum absolute atomic E-state index is 0.0797. The smallest absolute Gasteiger partial charge is 0.437 e. The first-order chi connectivity index (χ1) is 21.7. The SMILES string of the molecule is CC(=N)c1ccc(OCCCCN(C(=O)OC(C)(C)C)/C(=N\C(=O)OC(C)(C)C)N(CCCCCCCBr)C(=O)OC(C)(C)C)cc1. The predicted molar refractivity (Wildman–Crippen MR) is 190 cm³/mol. The maximum Gasteiger partial charge on any atom is 0.437 e. The summed E-state index contributed by atoms with van der Waals surface area (Å²) in [6, 6.07) is 7.28. The maximum absolute atomic E-state index is 13.7. The van der Waals surface area contributed by atoms with Crippen molar-refractivity contribution in [2.45, 2.75) is 131 Å². The summed E-state index contributed by atoms with van der Waals surface area (Å²) in [5.41, 5.74) is -1.27. The van der Waals surface area contributed by atoms with Gasteiger partial charge in [-0.3, -0.25) is 0 Å². The number of amides is 3. The van der Waals surface area contributed by atoms with Crippen molar-refractivity contribution in [2.24, 2.45) is 4.99 Å². The molecule has 0 aromatic heterocycles. The van der Waals surface area contributed by atoms with E-state index in [1.54, 1.807) is 69.2 Å². The highest BCUT2D eigenvalue weighted by molar-refractivity contribution is 9.09. The number of aliphatic imine (C=N–C) groups is 1. The van der Waals surface area contributed by atoms with Crippen molar-refractivity contribution in [3.8, 4) is 5.75 Å². The molecule has 3 amide bonds. The Balaban J connectivity index is 3.41. The fourth-order valence-electron chi connectivity index (χ4n) is 4.07. The molecule has 0 fully saturated rings. The molecule has 47 heavy (non-hydrogen) atoms. The second-order valence-corrected chi connectivity index (χ2v) is 15.1. The van der Waals surface area contributed by atoms with Crippen molar-refractivity contribution in [1.82, 2.24) is 9.80 Å². The largest absolute Gasteiger partial charge is 0.494 e. The average Bonchev–Trinajstić information content (AvgIpc) is 2.91. The van der Waals surface area contributed by atoms with Crippen LogP contribution in [0.1, 0.15) is 120 Å². The fourth-order valence-corrected chi connectivity index (χ4v) is 4.47. The molecule has 0 saturated heterocycles. The Morgan fingerprint density at radius 3 is 1.60 bits per heavy atom. The molecule has 1 N–H and O–H groups in total. The molecule has 0 heterocycles. The van der Waals surface area contributed by atoms with Gasteiger partial charge in [0.1, 0.15) is 22.6 Å². The Kier molecular flexibility index (Phi) is 17.5. The molecular weight excluding hydrogens is 668 g/mol. The van der Waals surface area contributed by atoms with Gasteiger partial charge in [0.15, 0.2) is 0 Å². The van der Waals surface area contributed by atoms with Gasteiger partial charge in [0, 0.05) is 24.1 Å². The van der Waals surface area contributed by atoms with Crippen molar-refractivity contribution in [2.75, 3.05) is 25.0 Å². The number of halogens is 1. The number of carbonyl (C=O) groups excluding carboxylic acids is 3. The van der Waals surface area contributed by atoms with Crippen LogP contribution >= 0.6 is 15.9 Å². The third-order valence-electron chi connectivity index (χ3n) is 6.14. The van der Waals surface area contributed by atoms with Gasteiger partial charge in [-0.2, -0.15) is 0 Å². The summed E-state index contributed by atoms with van der Waals surface area (Å²) in [5.74, 6) is 0.458. The monoisotopic (exact) mass is 724 g/mol. The van der Waals surface area contributed by atoms with Crippen LogP contribution in [0, 0.1) is 5.41 Å². The van der Waals surface area contributed by atoms with Gasteiger partial charge in [-0.25, -0.2) is 24.2 Å². The van der Waals surface area contributed by atoms with Crippen LogP contribution in [0.15, 0.2) is 29.3 Å². The van der Waals surface area contributed by atoms with Crippen LogP contribution in [-0.2, 0) is 14.2 Å². The van der Waals surface area contributed by atoms with E-state index in [0.29, 0.717) is 37.3 Å². The number of carbonyl (C=O) groups is 3. The van der Waals surface area contributed by atoms with E-state index in [4.69, 9.17) is 24.4 Å². The Morgan fingerprint density at radius 1 is 0.702 bits per heavy atom. The van der Waals surface area contributed by atoms with Crippen LogP contribution in [0.3, 0.4) is 0 Å². The van der Waals surface area contributed by atoms with Crippen LogP contribution in [0.2, 0.25) is 0 Å². The molecule has 0 aliphatic rings. The molecule has 1 aromatic rings. The molecule has 11 nitrogen and oxygen atoms in total. The number of alkyl halides is 1. The predicted octanol–water partition coefficient (Wildman–Crippen LogP) is 9.34. The summed E-state index contributed by atoms with van der Waals surface area (Å²) in [6.07, 6.45) is 3.02. The summed E-state index contributed by atoms with van der Waals surface area (Å²) < 4.78 is 22.9. The number of nitrogens with one attached hydrogen (secondary N) is 1. The van der Waals surface area contributed by atoms with Crippen LogP contribution in [-0.4, -0.2) is 81.6 Å². The highest BCUT2D eigenvalue weighted by Gasteiger charge is 2.35. The zero-order chi connectivity index (χ0) is 35.8. The van der Waals surface area contributed by atoms with E-state index in [0.717, 1.165) is 36.6 Å². The summed E-state index contributed by atoms with van der Waals surface area (Å²) in [6.45, 7) is 17.9. The average molecular weight is 726 g/mol. The van der Waals surface area contributed by atoms with E-state index < -0.39 is 35.1 Å². The van der Waals surface area contributed by atoms with Gasteiger partial charge < -0.3 is 24.4 Å². The van der Waals surface area contributed by atoms with Crippen molar-refractivity contribution in [1.29, 1.82) is 5.41 Å². The molecule has 0 aliphatic carbocycles. The zero-order valence-electron chi connectivity index (χ0n) is 30.2. The molecule has 0 radical (unpaired) electrons. The van der Waals surface area contributed by atoms with Gasteiger partial charge in [0.2, 0.25) is 5.96 Å². The number of guanidine groups is 1. The molecule has 1 aromatic carbocycles. The Hall–Kier alpha value is -3.15. The number of benzene rings is 1. The van der Waals surface area contributed by atoms with E-state index in [1.807, 2.05) is 24.3 Å². The quantitative estimate of drug-likeness (QED) is 0.0665. The lowest BCUT2D eigenvalue weighted by Gasteiger charge is -2.34. The molecule has 12 heteroatoms. The normalized spacial score (nSPS) is 12.3. The van der Waals surface area contributed by atoms with Crippen molar-refractivity contribution < 1.29 is 33.3 Å². The molecule has 266 valence electrons. The molecule has 0 unspecified atom stereocenters. The Bertz CT molecular complexity index is 1180. The van der Waals surface area contributed by atoms with Gasteiger partial charge >= 0.3 is 18.3 Å². The molecule has 0 bridgehead atoms. The number of hydrogen-bond acceptors (Lipinski definition) is 8. The van der Waals surface area contributed by atoms with Gasteiger partial charge in [-0.15, -0.1) is 4.99 Å². The second kappa shape index (κ2) is 19.6. The van der Waals surface area contributed by atoms with Gasteiger partial charge in [0.05, 0.1) is 6.61 Å². The highest BCUT2D eigenvalue weighted by Crippen LogP contribution is 2.19. The number of nitrogens with zero attached hydrogens (tertiary/aromatic N) is 3. The van der Waals surface area contributed by atoms with Crippen LogP contribution in [0.4, 0.5) is 14.4 Å². The van der Waals surface area contributed by atoms with Crippen LogP contribution in [0.5, 0.6) is 5.75 Å². The minimum atomic E-state index is -0.945. The summed E-state index contributed by atoms with van der Waals surface area (Å²) >= 11 is 3.46. The lowest BCUT2D eigenvalue weighted by Crippen LogP contribution is -2.53. The molecule has 0 saturated carbocycles. The summed E-state index contributed by atoms with van der Waals surface area (Å²) in [7, 11) is 0. The van der Waals surface area contributed by atoms with Crippen molar-refractivity contribution in [3.63, 3.8) is 0 Å². The molecule has 0 atom stereocenters. The van der Waals surface area contributed by atoms with Gasteiger partial charge in [-0.1, -0.05) is 35.2 Å². The summed E-state index contributed by atoms with van der Waals surface area (Å²) in [5, 5.41) is 8.69. The topological polar surface area (TPSA) is 131 Å². The standard InChI is InChI=1S/C35H57BrN4O7/c1-26(37)27-18-20-28(21-19-27)44-25-17-16-24-40(32(43)47-35(8,9)10)29(38-30(41)45-33(2,3)4)39(31(42)46-34(5,6)7)23-15-13-11-12-14-22-36/h18-21,37H,11-17,22-25H2,1-10H3/b37-26?,38-29-. The van der Waals surface area contributed by atoms with Crippen molar-refractivity contribution in [3.05, 3.63) is 29.8 Å². The summed E-state index contributed by atoms with van der Waals surface area (Å²) in [4.78, 5) is 47.2. The third kappa shape index (κ3) is 18.7. The van der Waals surface area contributed by atoms with E-state index in [9.17, 15) is 14.4 Å². The molecular formula is C35H57BrN4O7. The van der Waals surface area contributed by atoms with E-state index >= 15 is 0 Å². The maximum atomic E-state index is 13.7. The number of unbranched alkanes of at least 4 members (excludes halogenated alkanes) is 5. The zero-order valence-corrected chi connectivity index (χ0v) is 31.8. The lowest BCUT2D eigenvalue weighted by atomic mass is 10.1. The number of hydrogen-bond donors (Lipinski definition) is 1. The molecule has 0 aliphatic heterocycles. The van der Waals surface area contributed by atoms with Crippen LogP contribution in [0.25, 0.3) is 0 Å². The van der Waals surface area contributed by atoms with E-state index in [1.165, 1.54) is 9.80 Å². The molecule has 0 spiro atoms. The minimum Gasteiger partial charge on any atom is -0.494 e. The number of ether oxygens (including phenoxy) is 4. The first kappa shape index (κ1) is 41.9. The van der Waals surface area contributed by atoms with Gasteiger partial charge in [0.25, 0.3) is 0 Å².